The Hall–Kier alpha value is -1.91. The summed E-state index contributed by atoms with van der Waals surface area (Å²) in [5, 5.41) is 2.97. The number of rotatable bonds is 8. The SMILES string of the molecule is CCNC(N)=NCCc1ccc(OCC)c(OCC)c1. The fraction of sp³-hybridized carbons (Fsp3) is 0.533. The van der Waals surface area contributed by atoms with Crippen LogP contribution in [0, 0.1) is 0 Å². The van der Waals surface area contributed by atoms with E-state index < -0.39 is 0 Å². The summed E-state index contributed by atoms with van der Waals surface area (Å²) in [5.41, 5.74) is 6.84. The molecule has 0 aliphatic rings. The lowest BCUT2D eigenvalue weighted by Gasteiger charge is -2.12. The molecule has 0 atom stereocenters. The third-order valence-corrected chi connectivity index (χ3v) is 2.65. The first-order chi connectivity index (χ1) is 9.71. The Bertz CT molecular complexity index is 433. The number of guanidine groups is 1. The summed E-state index contributed by atoms with van der Waals surface area (Å²) in [4.78, 5) is 4.25. The van der Waals surface area contributed by atoms with Gasteiger partial charge in [0.15, 0.2) is 17.5 Å². The van der Waals surface area contributed by atoms with Gasteiger partial charge in [0.2, 0.25) is 0 Å². The fourth-order valence-corrected chi connectivity index (χ4v) is 1.79. The average molecular weight is 279 g/mol. The number of hydrogen-bond acceptors (Lipinski definition) is 3. The molecule has 5 nitrogen and oxygen atoms in total. The molecule has 0 radical (unpaired) electrons. The van der Waals surface area contributed by atoms with E-state index >= 15 is 0 Å². The topological polar surface area (TPSA) is 68.9 Å². The zero-order valence-corrected chi connectivity index (χ0v) is 12.6. The second kappa shape index (κ2) is 9.07. The van der Waals surface area contributed by atoms with Crippen LogP contribution in [0.4, 0.5) is 0 Å². The van der Waals surface area contributed by atoms with Crippen molar-refractivity contribution in [1.29, 1.82) is 0 Å². The van der Waals surface area contributed by atoms with Crippen LogP contribution < -0.4 is 20.5 Å². The molecule has 0 saturated heterocycles. The highest BCUT2D eigenvalue weighted by atomic mass is 16.5. The van der Waals surface area contributed by atoms with Gasteiger partial charge in [-0.1, -0.05) is 6.07 Å². The monoisotopic (exact) mass is 279 g/mol. The van der Waals surface area contributed by atoms with E-state index in [1.165, 1.54) is 0 Å². The van der Waals surface area contributed by atoms with E-state index in [9.17, 15) is 0 Å². The van der Waals surface area contributed by atoms with Crippen LogP contribution >= 0.6 is 0 Å². The van der Waals surface area contributed by atoms with Crippen LogP contribution in [0.2, 0.25) is 0 Å². The van der Waals surface area contributed by atoms with Crippen molar-refractivity contribution in [3.63, 3.8) is 0 Å². The molecule has 0 unspecified atom stereocenters. The Kier molecular flexibility index (Phi) is 7.32. The molecular weight excluding hydrogens is 254 g/mol. The smallest absolute Gasteiger partial charge is 0.188 e. The number of nitrogens with one attached hydrogen (secondary N) is 1. The van der Waals surface area contributed by atoms with Crippen LogP contribution in [0.1, 0.15) is 26.3 Å². The van der Waals surface area contributed by atoms with Crippen LogP contribution in [0.3, 0.4) is 0 Å². The van der Waals surface area contributed by atoms with E-state index in [-0.39, 0.29) is 0 Å². The van der Waals surface area contributed by atoms with Crippen LogP contribution in [-0.4, -0.2) is 32.3 Å². The van der Waals surface area contributed by atoms with Crippen molar-refractivity contribution in [2.45, 2.75) is 27.2 Å². The van der Waals surface area contributed by atoms with Gasteiger partial charge in [-0.2, -0.15) is 0 Å². The molecule has 1 rings (SSSR count). The molecule has 112 valence electrons. The molecule has 1 aromatic rings. The lowest BCUT2D eigenvalue weighted by atomic mass is 10.1. The second-order valence-corrected chi connectivity index (χ2v) is 4.19. The van der Waals surface area contributed by atoms with Gasteiger partial charge in [0, 0.05) is 13.1 Å². The summed E-state index contributed by atoms with van der Waals surface area (Å²) in [6.07, 6.45) is 0.818. The van der Waals surface area contributed by atoms with Gasteiger partial charge in [0.25, 0.3) is 0 Å². The Labute approximate surface area is 121 Å². The molecule has 20 heavy (non-hydrogen) atoms. The number of benzene rings is 1. The van der Waals surface area contributed by atoms with Crippen molar-refractivity contribution >= 4 is 5.96 Å². The highest BCUT2D eigenvalue weighted by molar-refractivity contribution is 5.77. The summed E-state index contributed by atoms with van der Waals surface area (Å²) in [5.74, 6) is 2.06. The number of nitrogens with two attached hydrogens (primary N) is 1. The first kappa shape index (κ1) is 16.1. The molecule has 1 aromatic carbocycles. The van der Waals surface area contributed by atoms with Crippen molar-refractivity contribution in [3.8, 4) is 11.5 Å². The standard InChI is InChI=1S/C15H25N3O2/c1-4-17-15(16)18-10-9-12-7-8-13(19-5-2)14(11-12)20-6-3/h7-8,11H,4-6,9-10H2,1-3H3,(H3,16,17,18). The van der Waals surface area contributed by atoms with Crippen LogP contribution in [-0.2, 0) is 6.42 Å². The summed E-state index contributed by atoms with van der Waals surface area (Å²) >= 11 is 0. The maximum absolute atomic E-state index is 5.68. The van der Waals surface area contributed by atoms with E-state index in [0.717, 1.165) is 30.0 Å². The van der Waals surface area contributed by atoms with Crippen molar-refractivity contribution in [2.24, 2.45) is 10.7 Å². The zero-order valence-electron chi connectivity index (χ0n) is 12.6. The molecule has 0 amide bonds. The van der Waals surface area contributed by atoms with E-state index in [4.69, 9.17) is 15.2 Å². The maximum Gasteiger partial charge on any atom is 0.188 e. The number of hydrogen-bond donors (Lipinski definition) is 2. The van der Waals surface area contributed by atoms with Gasteiger partial charge in [-0.05, 0) is 44.9 Å². The maximum atomic E-state index is 5.68. The molecule has 0 saturated carbocycles. The molecule has 0 aliphatic carbocycles. The van der Waals surface area contributed by atoms with E-state index in [2.05, 4.69) is 10.3 Å². The van der Waals surface area contributed by atoms with Crippen molar-refractivity contribution in [2.75, 3.05) is 26.3 Å². The molecule has 5 heteroatoms. The van der Waals surface area contributed by atoms with Crippen LogP contribution in [0.25, 0.3) is 0 Å². The number of nitrogens with zero attached hydrogens (tertiary/aromatic N) is 1. The predicted molar refractivity (Wildman–Crippen MR) is 82.7 cm³/mol. The Morgan fingerprint density at radius 3 is 2.50 bits per heavy atom. The highest BCUT2D eigenvalue weighted by Crippen LogP contribution is 2.28. The normalized spacial score (nSPS) is 11.2. The minimum atomic E-state index is 0.489. The zero-order chi connectivity index (χ0) is 14.8. The number of aliphatic imine (C=N–C) groups is 1. The van der Waals surface area contributed by atoms with Crippen LogP contribution in [0.5, 0.6) is 11.5 Å². The second-order valence-electron chi connectivity index (χ2n) is 4.19. The molecule has 0 spiro atoms. The van der Waals surface area contributed by atoms with Gasteiger partial charge in [0.05, 0.1) is 13.2 Å². The van der Waals surface area contributed by atoms with Crippen LogP contribution in [0.15, 0.2) is 23.2 Å². The van der Waals surface area contributed by atoms with Gasteiger partial charge in [-0.3, -0.25) is 4.99 Å². The van der Waals surface area contributed by atoms with Gasteiger partial charge < -0.3 is 20.5 Å². The molecule has 0 bridgehead atoms. The summed E-state index contributed by atoms with van der Waals surface area (Å²) in [6.45, 7) is 8.60. The third-order valence-electron chi connectivity index (χ3n) is 2.65. The fourth-order valence-electron chi connectivity index (χ4n) is 1.79. The Balaban J connectivity index is 2.66. The molecule has 0 aliphatic heterocycles. The van der Waals surface area contributed by atoms with E-state index in [1.54, 1.807) is 0 Å². The van der Waals surface area contributed by atoms with E-state index in [0.29, 0.717) is 25.7 Å². The molecule has 0 fully saturated rings. The number of ether oxygens (including phenoxy) is 2. The summed E-state index contributed by atoms with van der Waals surface area (Å²) in [7, 11) is 0. The van der Waals surface area contributed by atoms with Gasteiger partial charge >= 0.3 is 0 Å². The highest BCUT2D eigenvalue weighted by Gasteiger charge is 2.05. The van der Waals surface area contributed by atoms with Crippen molar-refractivity contribution < 1.29 is 9.47 Å². The summed E-state index contributed by atoms with van der Waals surface area (Å²) < 4.78 is 11.1. The largest absolute Gasteiger partial charge is 0.490 e. The van der Waals surface area contributed by atoms with Crippen molar-refractivity contribution in [3.05, 3.63) is 23.8 Å². The lowest BCUT2D eigenvalue weighted by Crippen LogP contribution is -2.31. The van der Waals surface area contributed by atoms with E-state index in [1.807, 2.05) is 39.0 Å². The first-order valence-corrected chi connectivity index (χ1v) is 7.13. The molecule has 3 N–H and O–H groups in total. The Morgan fingerprint density at radius 2 is 1.85 bits per heavy atom. The molecule has 0 aromatic heterocycles. The first-order valence-electron chi connectivity index (χ1n) is 7.13. The minimum Gasteiger partial charge on any atom is -0.490 e. The van der Waals surface area contributed by atoms with Gasteiger partial charge in [-0.15, -0.1) is 0 Å². The minimum absolute atomic E-state index is 0.489. The third kappa shape index (κ3) is 5.38. The Morgan fingerprint density at radius 1 is 1.15 bits per heavy atom. The van der Waals surface area contributed by atoms with Gasteiger partial charge in [-0.25, -0.2) is 0 Å². The molecular formula is C15H25N3O2. The molecule has 0 heterocycles. The lowest BCUT2D eigenvalue weighted by molar-refractivity contribution is 0.287. The average Bonchev–Trinajstić information content (AvgIpc) is 2.42. The van der Waals surface area contributed by atoms with Gasteiger partial charge in [0.1, 0.15) is 0 Å². The predicted octanol–water partition coefficient (Wildman–Crippen LogP) is 1.95. The quantitative estimate of drug-likeness (QED) is 0.564. The van der Waals surface area contributed by atoms with Crippen molar-refractivity contribution in [1.82, 2.24) is 5.32 Å². The summed E-state index contributed by atoms with van der Waals surface area (Å²) in [6, 6.07) is 5.99.